The van der Waals surface area contributed by atoms with E-state index in [2.05, 4.69) is 19.7 Å². The molecule has 12 heteroatoms. The van der Waals surface area contributed by atoms with Crippen molar-refractivity contribution in [3.63, 3.8) is 0 Å². The second kappa shape index (κ2) is 10.2. The molecule has 6 rings (SSSR count). The fraction of sp³-hybridized carbons (Fsp3) is 0. The maximum absolute atomic E-state index is 15.5. The van der Waals surface area contributed by atoms with Crippen molar-refractivity contribution in [1.29, 1.82) is 0 Å². The Hall–Kier alpha value is -4.13. The number of hydrogen-bond acceptors (Lipinski definition) is 6. The first-order valence-electron chi connectivity index (χ1n) is 11.3. The molecule has 1 unspecified atom stereocenters. The number of halogens is 3. The maximum Gasteiger partial charge on any atom is 0.201 e. The number of rotatable bonds is 7. The first-order valence-corrected chi connectivity index (χ1v) is 14.2. The third-order valence-electron chi connectivity index (χ3n) is 5.84. The number of nitrogens with one attached hydrogen (secondary N) is 2. The topological polar surface area (TPSA) is 87.7 Å². The van der Waals surface area contributed by atoms with Gasteiger partial charge in [-0.3, -0.25) is 9.52 Å². The molecule has 0 bridgehead atoms. The molecule has 0 radical (unpaired) electrons. The molecule has 0 fully saturated rings. The predicted molar refractivity (Wildman–Crippen MR) is 147 cm³/mol. The molecule has 2 aromatic carbocycles. The maximum atomic E-state index is 15.5. The summed E-state index contributed by atoms with van der Waals surface area (Å²) in [6.45, 7) is 0. The second-order valence-corrected chi connectivity index (χ2v) is 11.5. The minimum absolute atomic E-state index is 0.0252. The Morgan fingerprint density at radius 1 is 1.00 bits per heavy atom. The molecular formula is C27H15F3N4O2S3. The van der Waals surface area contributed by atoms with Gasteiger partial charge in [0.1, 0.15) is 33.3 Å². The first kappa shape index (κ1) is 25.2. The molecule has 4 aromatic heterocycles. The van der Waals surface area contributed by atoms with E-state index in [4.69, 9.17) is 0 Å². The standard InChI is InChI=1S/C27H15F3N4O2S3/c28-15-2-1-3-16(11-15)39(36)34-20-5-4-19(29)23(24(20)30)25(35)18-13-33-26-17(18)10-14(12-32-26)21-6-7-22(38-21)27-31-8-9-37-27/h1-13,34H,(H,32,33). The molecule has 0 aliphatic heterocycles. The number of aromatic amines is 1. The van der Waals surface area contributed by atoms with Crippen LogP contribution in [0, 0.1) is 17.5 Å². The van der Waals surface area contributed by atoms with Crippen molar-refractivity contribution in [1.82, 2.24) is 15.0 Å². The van der Waals surface area contributed by atoms with Crippen LogP contribution in [0.4, 0.5) is 18.9 Å². The van der Waals surface area contributed by atoms with Crippen molar-refractivity contribution in [2.75, 3.05) is 4.72 Å². The number of H-pyrrole nitrogens is 1. The Bertz CT molecular complexity index is 1880. The molecular weight excluding hydrogens is 566 g/mol. The molecule has 2 N–H and O–H groups in total. The van der Waals surface area contributed by atoms with Crippen LogP contribution < -0.4 is 4.72 Å². The van der Waals surface area contributed by atoms with Gasteiger partial charge in [0.2, 0.25) is 5.78 Å². The zero-order chi connectivity index (χ0) is 27.1. The number of carbonyl (C=O) groups is 1. The minimum atomic E-state index is -2.06. The summed E-state index contributed by atoms with van der Waals surface area (Å²) >= 11 is 3.03. The van der Waals surface area contributed by atoms with Crippen molar-refractivity contribution in [3.8, 4) is 20.3 Å². The fourth-order valence-electron chi connectivity index (χ4n) is 3.99. The average molecular weight is 581 g/mol. The molecule has 39 heavy (non-hydrogen) atoms. The first-order chi connectivity index (χ1) is 18.9. The Balaban J connectivity index is 1.34. The van der Waals surface area contributed by atoms with Gasteiger partial charge in [-0.2, -0.15) is 0 Å². The van der Waals surface area contributed by atoms with Crippen LogP contribution in [0.5, 0.6) is 0 Å². The van der Waals surface area contributed by atoms with Gasteiger partial charge in [0, 0.05) is 45.4 Å². The summed E-state index contributed by atoms with van der Waals surface area (Å²) < 4.78 is 58.8. The Morgan fingerprint density at radius 3 is 2.64 bits per heavy atom. The zero-order valence-electron chi connectivity index (χ0n) is 19.6. The van der Waals surface area contributed by atoms with Crippen molar-refractivity contribution < 1.29 is 22.2 Å². The largest absolute Gasteiger partial charge is 0.345 e. The van der Waals surface area contributed by atoms with Crippen molar-refractivity contribution in [2.45, 2.75) is 4.90 Å². The van der Waals surface area contributed by atoms with Gasteiger partial charge in [0.15, 0.2) is 5.82 Å². The SMILES string of the molecule is O=C(c1c(F)ccc(NS(=O)c2cccc(F)c2)c1F)c1c[nH]c2ncc(-c3ccc(-c4nccs4)s3)cc12. The van der Waals surface area contributed by atoms with Crippen LogP contribution in [0.3, 0.4) is 0 Å². The number of aromatic nitrogens is 3. The van der Waals surface area contributed by atoms with E-state index in [0.717, 1.165) is 38.5 Å². The molecule has 0 saturated heterocycles. The highest BCUT2D eigenvalue weighted by molar-refractivity contribution is 7.86. The summed E-state index contributed by atoms with van der Waals surface area (Å²) in [4.78, 5) is 26.9. The number of hydrogen-bond donors (Lipinski definition) is 2. The summed E-state index contributed by atoms with van der Waals surface area (Å²) in [5.41, 5.74) is -0.0526. The monoisotopic (exact) mass is 580 g/mol. The predicted octanol–water partition coefficient (Wildman–Crippen LogP) is 7.20. The number of benzene rings is 2. The highest BCUT2D eigenvalue weighted by Gasteiger charge is 2.25. The van der Waals surface area contributed by atoms with Crippen LogP contribution in [0.25, 0.3) is 31.4 Å². The van der Waals surface area contributed by atoms with E-state index < -0.39 is 39.8 Å². The summed E-state index contributed by atoms with van der Waals surface area (Å²) in [6.07, 6.45) is 4.73. The lowest BCUT2D eigenvalue weighted by molar-refractivity contribution is 0.103. The summed E-state index contributed by atoms with van der Waals surface area (Å²) in [5.74, 6) is -3.82. The Morgan fingerprint density at radius 2 is 1.85 bits per heavy atom. The fourth-order valence-corrected chi connectivity index (χ4v) is 6.60. The van der Waals surface area contributed by atoms with E-state index in [-0.39, 0.29) is 16.1 Å². The Kier molecular flexibility index (Phi) is 6.59. The number of anilines is 1. The number of thiophene rings is 1. The minimum Gasteiger partial charge on any atom is -0.345 e. The summed E-state index contributed by atoms with van der Waals surface area (Å²) in [5, 5.41) is 3.17. The second-order valence-electron chi connectivity index (χ2n) is 8.26. The van der Waals surface area contributed by atoms with Crippen LogP contribution in [-0.4, -0.2) is 24.9 Å². The third kappa shape index (κ3) is 4.78. The molecule has 0 spiro atoms. The normalized spacial score (nSPS) is 12.1. The third-order valence-corrected chi connectivity index (χ3v) is 9.00. The number of fused-ring (bicyclic) bond motifs is 1. The van der Waals surface area contributed by atoms with Gasteiger partial charge in [-0.25, -0.2) is 27.3 Å². The van der Waals surface area contributed by atoms with Gasteiger partial charge in [0.25, 0.3) is 0 Å². The van der Waals surface area contributed by atoms with Gasteiger partial charge >= 0.3 is 0 Å². The number of thiazole rings is 1. The van der Waals surface area contributed by atoms with Gasteiger partial charge < -0.3 is 4.98 Å². The number of carbonyl (C=O) groups excluding carboxylic acids is 1. The van der Waals surface area contributed by atoms with Gasteiger partial charge in [-0.1, -0.05) is 6.07 Å². The molecule has 1 atom stereocenters. The lowest BCUT2D eigenvalue weighted by Gasteiger charge is -2.11. The zero-order valence-corrected chi connectivity index (χ0v) is 22.0. The molecule has 4 heterocycles. The molecule has 0 aliphatic carbocycles. The van der Waals surface area contributed by atoms with E-state index in [9.17, 15) is 17.8 Å². The quantitative estimate of drug-likeness (QED) is 0.196. The van der Waals surface area contributed by atoms with Crippen LogP contribution in [-0.2, 0) is 11.0 Å². The molecule has 0 saturated carbocycles. The van der Waals surface area contributed by atoms with Crippen LogP contribution in [0.2, 0.25) is 0 Å². The Labute approximate surface area is 229 Å². The molecule has 0 amide bonds. The highest BCUT2D eigenvalue weighted by atomic mass is 32.2. The van der Waals surface area contributed by atoms with Crippen molar-refractivity contribution in [2.24, 2.45) is 0 Å². The molecule has 0 aliphatic rings. The smallest absolute Gasteiger partial charge is 0.201 e. The van der Waals surface area contributed by atoms with E-state index in [0.29, 0.717) is 11.0 Å². The van der Waals surface area contributed by atoms with Crippen LogP contribution in [0.15, 0.2) is 83.5 Å². The van der Waals surface area contributed by atoms with Crippen molar-refractivity contribution >= 4 is 56.2 Å². The van der Waals surface area contributed by atoms with Gasteiger partial charge in [-0.15, -0.1) is 22.7 Å². The summed E-state index contributed by atoms with van der Waals surface area (Å²) in [6, 6.07) is 12.5. The van der Waals surface area contributed by atoms with E-state index in [1.807, 2.05) is 17.5 Å². The van der Waals surface area contributed by atoms with E-state index >= 15 is 4.39 Å². The molecule has 6 aromatic rings. The van der Waals surface area contributed by atoms with Gasteiger partial charge in [0.05, 0.1) is 21.0 Å². The van der Waals surface area contributed by atoms with E-state index in [1.54, 1.807) is 18.5 Å². The number of pyridine rings is 1. The van der Waals surface area contributed by atoms with Crippen LogP contribution in [0.1, 0.15) is 15.9 Å². The number of ketones is 1. The van der Waals surface area contributed by atoms with Gasteiger partial charge in [-0.05, 0) is 48.5 Å². The lowest BCUT2D eigenvalue weighted by Crippen LogP contribution is -2.12. The molecule has 6 nitrogen and oxygen atoms in total. The average Bonchev–Trinajstić information content (AvgIpc) is 3.70. The van der Waals surface area contributed by atoms with E-state index in [1.165, 1.54) is 47.1 Å². The molecule has 194 valence electrons. The van der Waals surface area contributed by atoms with Crippen molar-refractivity contribution in [3.05, 3.63) is 107 Å². The highest BCUT2D eigenvalue weighted by Crippen LogP contribution is 2.36. The lowest BCUT2D eigenvalue weighted by atomic mass is 10.0. The number of nitrogens with zero attached hydrogens (tertiary/aromatic N) is 2. The summed E-state index contributed by atoms with van der Waals surface area (Å²) in [7, 11) is -2.06. The van der Waals surface area contributed by atoms with Crippen LogP contribution >= 0.6 is 22.7 Å².